The molecule has 27 heavy (non-hydrogen) atoms. The number of rotatable bonds is 9. The van der Waals surface area contributed by atoms with Crippen molar-refractivity contribution in [3.05, 3.63) is 35.9 Å². The first-order chi connectivity index (χ1) is 12.8. The second kappa shape index (κ2) is 9.20. The van der Waals surface area contributed by atoms with Crippen molar-refractivity contribution in [1.82, 2.24) is 10.2 Å². The molecule has 1 heterocycles. The summed E-state index contributed by atoms with van der Waals surface area (Å²) in [5.41, 5.74) is 0.991. The molecule has 1 fully saturated rings. The van der Waals surface area contributed by atoms with Crippen LogP contribution in [0.4, 0.5) is 0 Å². The third-order valence-corrected chi connectivity index (χ3v) is 5.98. The van der Waals surface area contributed by atoms with Crippen LogP contribution < -0.4 is 5.32 Å². The number of carboxylic acids is 2. The zero-order chi connectivity index (χ0) is 20.0. The largest absolute Gasteiger partial charge is 0.480 e. The Balaban J connectivity index is 2.03. The van der Waals surface area contributed by atoms with Crippen molar-refractivity contribution in [3.8, 4) is 0 Å². The fourth-order valence-corrected chi connectivity index (χ4v) is 4.23. The van der Waals surface area contributed by atoms with E-state index in [0.29, 0.717) is 12.2 Å². The van der Waals surface area contributed by atoms with E-state index in [1.54, 1.807) is 0 Å². The number of carboxylic acid groups (broad SMARTS) is 2. The Bertz CT molecular complexity index is 686. The van der Waals surface area contributed by atoms with Crippen molar-refractivity contribution in [3.63, 3.8) is 0 Å². The molecule has 2 rings (SSSR count). The van der Waals surface area contributed by atoms with E-state index in [1.165, 1.54) is 6.92 Å². The van der Waals surface area contributed by atoms with Gasteiger partial charge in [0, 0.05) is 12.3 Å². The molecule has 0 spiro atoms. The van der Waals surface area contributed by atoms with Crippen LogP contribution >= 0.6 is 11.8 Å². The molecule has 1 saturated heterocycles. The highest BCUT2D eigenvalue weighted by molar-refractivity contribution is 8.01. The summed E-state index contributed by atoms with van der Waals surface area (Å²) < 4.78 is 0. The van der Waals surface area contributed by atoms with Crippen molar-refractivity contribution in [2.75, 3.05) is 18.9 Å². The Hall–Kier alpha value is -2.10. The van der Waals surface area contributed by atoms with Gasteiger partial charge in [-0.25, -0.2) is 4.79 Å². The standard InChI is InChI=1S/C18H24N2O6S/c1-12(15(22)20-9-10-27-18(20,11-21)17(25)26)19-14(16(23)24)8-7-13-5-3-2-4-6-13/h2-6,12,14,19,21H,7-11H2,1H3,(H,23,24)(H,25,26)/t12-,14?,18?/m0/s1. The number of aliphatic carboxylic acids is 2. The first-order valence-corrected chi connectivity index (χ1v) is 9.63. The number of aliphatic hydroxyl groups is 1. The topological polar surface area (TPSA) is 127 Å². The molecule has 1 amide bonds. The van der Waals surface area contributed by atoms with Crippen LogP contribution in [0.1, 0.15) is 18.9 Å². The number of amides is 1. The van der Waals surface area contributed by atoms with Crippen molar-refractivity contribution in [2.24, 2.45) is 0 Å². The van der Waals surface area contributed by atoms with E-state index in [9.17, 15) is 29.7 Å². The lowest BCUT2D eigenvalue weighted by atomic mass is 10.0. The van der Waals surface area contributed by atoms with Gasteiger partial charge in [-0.05, 0) is 25.3 Å². The lowest BCUT2D eigenvalue weighted by Crippen LogP contribution is -2.59. The molecule has 9 heteroatoms. The van der Waals surface area contributed by atoms with Gasteiger partial charge in [-0.1, -0.05) is 30.3 Å². The number of aliphatic hydroxyl groups excluding tert-OH is 1. The highest BCUT2D eigenvalue weighted by Gasteiger charge is 2.51. The van der Waals surface area contributed by atoms with E-state index in [-0.39, 0.29) is 13.0 Å². The van der Waals surface area contributed by atoms with E-state index in [0.717, 1.165) is 22.2 Å². The smallest absolute Gasteiger partial charge is 0.342 e. The molecule has 1 aliphatic heterocycles. The Kier molecular flexibility index (Phi) is 7.23. The average molecular weight is 396 g/mol. The Morgan fingerprint density at radius 1 is 1.26 bits per heavy atom. The summed E-state index contributed by atoms with van der Waals surface area (Å²) in [6.45, 7) is 0.986. The lowest BCUT2D eigenvalue weighted by Gasteiger charge is -2.34. The van der Waals surface area contributed by atoms with Gasteiger partial charge >= 0.3 is 11.9 Å². The number of aryl methyl sites for hydroxylation is 1. The molecule has 3 atom stereocenters. The monoisotopic (exact) mass is 396 g/mol. The number of nitrogens with zero attached hydrogens (tertiary/aromatic N) is 1. The van der Waals surface area contributed by atoms with Crippen molar-refractivity contribution in [1.29, 1.82) is 0 Å². The lowest BCUT2D eigenvalue weighted by molar-refractivity contribution is -0.154. The first kappa shape index (κ1) is 21.2. The Morgan fingerprint density at radius 2 is 1.93 bits per heavy atom. The van der Waals surface area contributed by atoms with Gasteiger partial charge < -0.3 is 20.2 Å². The molecule has 0 saturated carbocycles. The SMILES string of the molecule is C[C@H](NC(CCc1ccccc1)C(=O)O)C(=O)N1CCSC1(CO)C(=O)O. The number of hydrogen-bond acceptors (Lipinski definition) is 6. The van der Waals surface area contributed by atoms with Gasteiger partial charge in [0.15, 0.2) is 0 Å². The molecule has 148 valence electrons. The van der Waals surface area contributed by atoms with Gasteiger partial charge in [0.05, 0.1) is 12.6 Å². The molecular weight excluding hydrogens is 372 g/mol. The predicted molar refractivity (Wildman–Crippen MR) is 100 cm³/mol. The summed E-state index contributed by atoms with van der Waals surface area (Å²) in [6.07, 6.45) is 0.816. The molecule has 1 aromatic carbocycles. The van der Waals surface area contributed by atoms with E-state index in [1.807, 2.05) is 30.3 Å². The molecule has 1 aromatic rings. The van der Waals surface area contributed by atoms with E-state index < -0.39 is 41.4 Å². The number of nitrogens with one attached hydrogen (secondary N) is 1. The summed E-state index contributed by atoms with van der Waals surface area (Å²) in [6, 6.07) is 7.57. The van der Waals surface area contributed by atoms with Crippen molar-refractivity contribution >= 4 is 29.6 Å². The third kappa shape index (κ3) is 4.79. The third-order valence-electron chi connectivity index (χ3n) is 4.59. The van der Waals surface area contributed by atoms with Gasteiger partial charge in [0.1, 0.15) is 6.04 Å². The maximum atomic E-state index is 12.7. The highest BCUT2D eigenvalue weighted by Crippen LogP contribution is 2.36. The van der Waals surface area contributed by atoms with Crippen molar-refractivity contribution in [2.45, 2.75) is 36.7 Å². The molecule has 1 aliphatic rings. The number of thioether (sulfide) groups is 1. The minimum Gasteiger partial charge on any atom is -0.480 e. The van der Waals surface area contributed by atoms with Crippen LogP contribution in [0.3, 0.4) is 0 Å². The zero-order valence-corrected chi connectivity index (χ0v) is 15.8. The molecule has 0 bridgehead atoms. The molecule has 0 radical (unpaired) electrons. The van der Waals surface area contributed by atoms with Gasteiger partial charge in [-0.2, -0.15) is 0 Å². The number of benzene rings is 1. The fraction of sp³-hybridized carbons (Fsp3) is 0.500. The summed E-state index contributed by atoms with van der Waals surface area (Å²) in [7, 11) is 0. The summed E-state index contributed by atoms with van der Waals surface area (Å²) in [5.74, 6) is -2.51. The second-order valence-electron chi connectivity index (χ2n) is 6.39. The zero-order valence-electron chi connectivity index (χ0n) is 15.0. The minimum atomic E-state index is -1.71. The van der Waals surface area contributed by atoms with Gasteiger partial charge in [-0.3, -0.25) is 14.9 Å². The number of carbonyl (C=O) groups is 3. The summed E-state index contributed by atoms with van der Waals surface area (Å²) in [4.78, 5) is 35.3. The van der Waals surface area contributed by atoms with E-state index >= 15 is 0 Å². The van der Waals surface area contributed by atoms with Crippen LogP contribution in [-0.2, 0) is 20.8 Å². The normalized spacial score (nSPS) is 21.6. The molecule has 4 N–H and O–H groups in total. The van der Waals surface area contributed by atoms with Crippen molar-refractivity contribution < 1.29 is 29.7 Å². The summed E-state index contributed by atoms with van der Waals surface area (Å²) in [5, 5.41) is 31.3. The van der Waals surface area contributed by atoms with E-state index in [2.05, 4.69) is 5.32 Å². The van der Waals surface area contributed by atoms with Crippen LogP contribution in [0.2, 0.25) is 0 Å². The van der Waals surface area contributed by atoms with Crippen LogP contribution in [0.15, 0.2) is 30.3 Å². The van der Waals surface area contributed by atoms with Crippen LogP contribution in [0, 0.1) is 0 Å². The molecular formula is C18H24N2O6S. The fourth-order valence-electron chi connectivity index (χ4n) is 3.07. The Morgan fingerprint density at radius 3 is 2.48 bits per heavy atom. The van der Waals surface area contributed by atoms with Gasteiger partial charge in [0.2, 0.25) is 10.8 Å². The maximum absolute atomic E-state index is 12.7. The predicted octanol–water partition coefficient (Wildman–Crippen LogP) is 0.399. The van der Waals surface area contributed by atoms with Crippen LogP contribution in [0.25, 0.3) is 0 Å². The minimum absolute atomic E-state index is 0.185. The maximum Gasteiger partial charge on any atom is 0.342 e. The van der Waals surface area contributed by atoms with Crippen LogP contribution in [0.5, 0.6) is 0 Å². The molecule has 8 nitrogen and oxygen atoms in total. The second-order valence-corrected chi connectivity index (χ2v) is 7.76. The number of hydrogen-bond donors (Lipinski definition) is 4. The number of carbonyl (C=O) groups excluding carboxylic acids is 1. The molecule has 2 unspecified atom stereocenters. The first-order valence-electron chi connectivity index (χ1n) is 8.64. The molecule has 0 aromatic heterocycles. The quantitative estimate of drug-likeness (QED) is 0.472. The highest BCUT2D eigenvalue weighted by atomic mass is 32.2. The van der Waals surface area contributed by atoms with Gasteiger partial charge in [-0.15, -0.1) is 11.8 Å². The van der Waals surface area contributed by atoms with Crippen LogP contribution in [-0.4, -0.2) is 73.9 Å². The Labute approximate surface area is 161 Å². The van der Waals surface area contributed by atoms with E-state index in [4.69, 9.17) is 0 Å². The van der Waals surface area contributed by atoms with Gasteiger partial charge in [0.25, 0.3) is 0 Å². The summed E-state index contributed by atoms with van der Waals surface area (Å²) >= 11 is 0.996. The molecule has 0 aliphatic carbocycles. The average Bonchev–Trinajstić information content (AvgIpc) is 3.10.